The zero-order valence-electron chi connectivity index (χ0n) is 13.1. The molecule has 5 aliphatic rings. The number of fused-ring (bicyclic) bond motifs is 7. The number of ether oxygens (including phenoxy) is 2. The van der Waals surface area contributed by atoms with Crippen molar-refractivity contribution in [3.63, 3.8) is 0 Å². The fourth-order valence-electron chi connectivity index (χ4n) is 6.18. The number of hydrogen-bond acceptors (Lipinski definition) is 3. The molecule has 0 N–H and O–H groups in total. The second-order valence-electron chi connectivity index (χ2n) is 7.36. The first kappa shape index (κ1) is 13.5. The molecule has 0 spiro atoms. The third-order valence-electron chi connectivity index (χ3n) is 6.85. The van der Waals surface area contributed by atoms with Gasteiger partial charge in [0.2, 0.25) is 0 Å². The lowest BCUT2D eigenvalue weighted by atomic mass is 9.54. The first-order valence-corrected chi connectivity index (χ1v) is 8.79. The van der Waals surface area contributed by atoms with Gasteiger partial charge >= 0.3 is 0 Å². The highest BCUT2D eigenvalue weighted by Crippen LogP contribution is 2.71. The van der Waals surface area contributed by atoms with Crippen LogP contribution in [0.5, 0.6) is 11.5 Å². The molecule has 0 unspecified atom stereocenters. The van der Waals surface area contributed by atoms with Gasteiger partial charge in [0.05, 0.1) is 26.3 Å². The number of hydrogen-bond donors (Lipinski definition) is 0. The lowest BCUT2D eigenvalue weighted by molar-refractivity contribution is 0.0237. The minimum Gasteiger partial charge on any atom is -0.496 e. The normalized spacial score (nSPS) is 41.4. The average molecular weight is 320 g/mol. The highest BCUT2D eigenvalue weighted by Gasteiger charge is 2.64. The van der Waals surface area contributed by atoms with E-state index in [1.54, 1.807) is 14.2 Å². The van der Waals surface area contributed by atoms with Gasteiger partial charge < -0.3 is 9.47 Å². The molecule has 2 aliphatic heterocycles. The molecule has 4 atom stereocenters. The van der Waals surface area contributed by atoms with Crippen molar-refractivity contribution >= 4 is 11.8 Å². The van der Waals surface area contributed by atoms with Gasteiger partial charge in [0, 0.05) is 11.1 Å². The molecular formula is C18H22ClNO2. The third kappa shape index (κ3) is 1.43. The maximum atomic E-state index is 6.85. The van der Waals surface area contributed by atoms with Crippen molar-refractivity contribution in [3.05, 3.63) is 23.3 Å². The predicted molar refractivity (Wildman–Crippen MR) is 85.1 cm³/mol. The molecule has 22 heavy (non-hydrogen) atoms. The van der Waals surface area contributed by atoms with Crippen LogP contribution in [-0.2, 0) is 0 Å². The molecule has 4 fully saturated rings. The first-order valence-electron chi connectivity index (χ1n) is 8.45. The van der Waals surface area contributed by atoms with Crippen molar-refractivity contribution in [2.24, 2.45) is 23.7 Å². The SMILES string of the molecule is COc1ccc(OC)c2c1[C@@H]1[C@H]3C4CCC(CC4)[C@H]3[C@H]2N1Cl. The van der Waals surface area contributed by atoms with Crippen LogP contribution in [0.15, 0.2) is 12.1 Å². The van der Waals surface area contributed by atoms with E-state index in [9.17, 15) is 0 Å². The Hall–Kier alpha value is -0.930. The molecule has 3 saturated carbocycles. The molecule has 6 rings (SSSR count). The molecule has 4 heteroatoms. The molecule has 4 bridgehead atoms. The molecule has 1 saturated heterocycles. The van der Waals surface area contributed by atoms with Gasteiger partial charge in [-0.2, -0.15) is 0 Å². The summed E-state index contributed by atoms with van der Waals surface area (Å²) in [4.78, 5) is 0. The van der Waals surface area contributed by atoms with Crippen molar-refractivity contribution in [2.75, 3.05) is 14.2 Å². The monoisotopic (exact) mass is 319 g/mol. The molecule has 0 radical (unpaired) electrons. The number of rotatable bonds is 2. The molecule has 3 nitrogen and oxygen atoms in total. The Balaban J connectivity index is 1.73. The zero-order chi connectivity index (χ0) is 15.0. The Labute approximate surface area is 136 Å². The highest BCUT2D eigenvalue weighted by molar-refractivity contribution is 6.14. The smallest absolute Gasteiger partial charge is 0.124 e. The molecule has 3 aliphatic carbocycles. The summed E-state index contributed by atoms with van der Waals surface area (Å²) in [5, 5.41) is 0. The summed E-state index contributed by atoms with van der Waals surface area (Å²) in [6.07, 6.45) is 5.56. The van der Waals surface area contributed by atoms with E-state index in [0.29, 0.717) is 23.9 Å². The average Bonchev–Trinajstić information content (AvgIpc) is 3.05. The van der Waals surface area contributed by atoms with Crippen molar-refractivity contribution in [3.8, 4) is 11.5 Å². The summed E-state index contributed by atoms with van der Waals surface area (Å²) in [6.45, 7) is 0. The van der Waals surface area contributed by atoms with Gasteiger partial charge in [0.15, 0.2) is 0 Å². The lowest BCUT2D eigenvalue weighted by Crippen LogP contribution is -2.42. The van der Waals surface area contributed by atoms with E-state index in [4.69, 9.17) is 21.3 Å². The van der Waals surface area contributed by atoms with Crippen LogP contribution in [-0.4, -0.2) is 18.6 Å². The molecule has 1 aromatic rings. The summed E-state index contributed by atoms with van der Waals surface area (Å²) >= 11 is 6.85. The predicted octanol–water partition coefficient (Wildman–Crippen LogP) is 4.32. The molecule has 0 amide bonds. The maximum Gasteiger partial charge on any atom is 0.124 e. The number of methoxy groups -OCH3 is 2. The van der Waals surface area contributed by atoms with Gasteiger partial charge in [-0.05, 0) is 73.3 Å². The van der Waals surface area contributed by atoms with Crippen LogP contribution in [0.2, 0.25) is 0 Å². The van der Waals surface area contributed by atoms with Gasteiger partial charge in [0.1, 0.15) is 11.5 Å². The Morgan fingerprint density at radius 3 is 1.64 bits per heavy atom. The second-order valence-corrected chi connectivity index (χ2v) is 7.75. The van der Waals surface area contributed by atoms with Gasteiger partial charge in [-0.1, -0.05) is 0 Å². The van der Waals surface area contributed by atoms with Gasteiger partial charge in [-0.15, -0.1) is 0 Å². The van der Waals surface area contributed by atoms with E-state index < -0.39 is 0 Å². The Bertz CT molecular complexity index is 573. The van der Waals surface area contributed by atoms with E-state index in [2.05, 4.69) is 4.42 Å². The quantitative estimate of drug-likeness (QED) is 0.758. The Morgan fingerprint density at radius 2 is 1.27 bits per heavy atom. The summed E-state index contributed by atoms with van der Waals surface area (Å²) in [5.41, 5.74) is 2.60. The summed E-state index contributed by atoms with van der Waals surface area (Å²) in [6, 6.07) is 4.70. The molecule has 1 aromatic carbocycles. The van der Waals surface area contributed by atoms with Crippen LogP contribution >= 0.6 is 11.8 Å². The lowest BCUT2D eigenvalue weighted by Gasteiger charge is -2.50. The van der Waals surface area contributed by atoms with Crippen molar-refractivity contribution in [1.82, 2.24) is 4.42 Å². The highest BCUT2D eigenvalue weighted by atomic mass is 35.5. The minimum atomic E-state index is 0.310. The fraction of sp³-hybridized carbons (Fsp3) is 0.667. The first-order chi connectivity index (χ1) is 10.8. The number of benzene rings is 1. The van der Waals surface area contributed by atoms with Crippen molar-refractivity contribution < 1.29 is 9.47 Å². The standard InChI is InChI=1S/C18H22ClNO2/c1-21-11-7-8-12(22-2)16-15(11)17-13-9-3-5-10(6-4-9)14(13)18(16)20(17)19/h7-10,13-14,17-18H,3-6H2,1-2H3/t9?,10?,13-,14+,17-,18+. The molecular weight excluding hydrogens is 298 g/mol. The summed E-state index contributed by atoms with van der Waals surface area (Å²) < 4.78 is 13.5. The van der Waals surface area contributed by atoms with Gasteiger partial charge in [0.25, 0.3) is 0 Å². The fourth-order valence-corrected chi connectivity index (χ4v) is 6.63. The van der Waals surface area contributed by atoms with Crippen LogP contribution in [0.4, 0.5) is 0 Å². The van der Waals surface area contributed by atoms with E-state index in [0.717, 1.165) is 23.3 Å². The number of halogens is 1. The largest absolute Gasteiger partial charge is 0.496 e. The molecule has 0 aromatic heterocycles. The van der Waals surface area contributed by atoms with Crippen LogP contribution in [0.3, 0.4) is 0 Å². The van der Waals surface area contributed by atoms with Crippen LogP contribution in [0.1, 0.15) is 48.9 Å². The zero-order valence-corrected chi connectivity index (χ0v) is 13.8. The van der Waals surface area contributed by atoms with Gasteiger partial charge in [-0.25, -0.2) is 4.42 Å². The van der Waals surface area contributed by atoms with Gasteiger partial charge in [-0.3, -0.25) is 0 Å². The van der Waals surface area contributed by atoms with Crippen molar-refractivity contribution in [2.45, 2.75) is 37.8 Å². The van der Waals surface area contributed by atoms with E-state index in [1.165, 1.54) is 36.8 Å². The number of nitrogens with zero attached hydrogens (tertiary/aromatic N) is 1. The van der Waals surface area contributed by atoms with Crippen LogP contribution in [0, 0.1) is 23.7 Å². The van der Waals surface area contributed by atoms with Crippen molar-refractivity contribution in [1.29, 1.82) is 0 Å². The topological polar surface area (TPSA) is 21.7 Å². The maximum absolute atomic E-state index is 6.85. The second kappa shape index (κ2) is 4.55. The Kier molecular flexibility index (Phi) is 2.79. The van der Waals surface area contributed by atoms with Crippen LogP contribution in [0.25, 0.3) is 0 Å². The third-order valence-corrected chi connectivity index (χ3v) is 7.27. The van der Waals surface area contributed by atoms with Crippen LogP contribution < -0.4 is 9.47 Å². The molecule has 2 heterocycles. The van der Waals surface area contributed by atoms with E-state index >= 15 is 0 Å². The summed E-state index contributed by atoms with van der Waals surface area (Å²) in [5.74, 6) is 5.07. The van der Waals surface area contributed by atoms with E-state index in [-0.39, 0.29) is 0 Å². The summed E-state index contributed by atoms with van der Waals surface area (Å²) in [7, 11) is 3.52. The molecule has 118 valence electrons. The van der Waals surface area contributed by atoms with E-state index in [1.807, 2.05) is 12.1 Å². The minimum absolute atomic E-state index is 0.310. The Morgan fingerprint density at radius 1 is 0.864 bits per heavy atom.